The molecule has 2 aromatic rings. The summed E-state index contributed by atoms with van der Waals surface area (Å²) >= 11 is 0. The van der Waals surface area contributed by atoms with Crippen LogP contribution < -0.4 is 4.90 Å². The average Bonchev–Trinajstić information content (AvgIpc) is 2.50. The Morgan fingerprint density at radius 3 is 2.38 bits per heavy atom. The van der Waals surface area contributed by atoms with Crippen LogP contribution in [0.2, 0.25) is 0 Å². The highest BCUT2D eigenvalue weighted by molar-refractivity contribution is 5.86. The third-order valence-corrected chi connectivity index (χ3v) is 3.44. The maximum Gasteiger partial charge on any atom is 0.416 e. The van der Waals surface area contributed by atoms with Crippen LogP contribution in [0.3, 0.4) is 0 Å². The van der Waals surface area contributed by atoms with E-state index in [2.05, 4.69) is 4.98 Å². The number of alkyl halides is 3. The molecule has 1 heterocycles. The lowest BCUT2D eigenvalue weighted by Gasteiger charge is -2.27. The van der Waals surface area contributed by atoms with E-state index in [1.165, 1.54) is 24.4 Å². The Balaban J connectivity index is 2.44. The van der Waals surface area contributed by atoms with Crippen molar-refractivity contribution in [3.63, 3.8) is 0 Å². The zero-order valence-corrected chi connectivity index (χ0v) is 15.1. The Bertz CT molecular complexity index is 783. The summed E-state index contributed by atoms with van der Waals surface area (Å²) in [6.07, 6.45) is -3.78. The quantitative estimate of drug-likeness (QED) is 0.735. The summed E-state index contributed by atoms with van der Waals surface area (Å²) in [5.74, 6) is 0.233. The molecule has 0 spiro atoms. The van der Waals surface area contributed by atoms with Gasteiger partial charge in [0.15, 0.2) is 0 Å². The molecule has 0 N–H and O–H groups in total. The van der Waals surface area contributed by atoms with Gasteiger partial charge in [-0.05, 0) is 57.0 Å². The zero-order chi connectivity index (χ0) is 19.5. The van der Waals surface area contributed by atoms with E-state index in [4.69, 9.17) is 4.74 Å². The molecule has 0 fully saturated rings. The third kappa shape index (κ3) is 5.21. The number of benzene rings is 1. The Hall–Kier alpha value is -2.57. The molecule has 0 atom stereocenters. The molecule has 1 amide bonds. The van der Waals surface area contributed by atoms with E-state index in [1.807, 2.05) is 6.92 Å². The molecule has 4 nitrogen and oxygen atoms in total. The smallest absolute Gasteiger partial charge is 0.416 e. The first-order valence-electron chi connectivity index (χ1n) is 8.05. The number of nitrogens with zero attached hydrogens (tertiary/aromatic N) is 2. The minimum Gasteiger partial charge on any atom is -0.443 e. The highest BCUT2D eigenvalue weighted by atomic mass is 19.4. The summed E-state index contributed by atoms with van der Waals surface area (Å²) in [4.78, 5) is 17.9. The summed E-state index contributed by atoms with van der Waals surface area (Å²) in [6.45, 7) is 6.58. The minimum absolute atomic E-state index is 0.0332. The number of rotatable bonds is 3. The molecule has 0 radical (unpaired) electrons. The zero-order valence-electron chi connectivity index (χ0n) is 15.1. The number of halogens is 3. The van der Waals surface area contributed by atoms with Crippen LogP contribution in [0.4, 0.5) is 23.8 Å². The first kappa shape index (κ1) is 19.8. The molecule has 1 aromatic heterocycles. The van der Waals surface area contributed by atoms with Crippen molar-refractivity contribution in [1.82, 2.24) is 4.98 Å². The molecule has 7 heteroatoms. The van der Waals surface area contributed by atoms with Crippen LogP contribution in [-0.4, -0.2) is 16.7 Å². The van der Waals surface area contributed by atoms with Crippen molar-refractivity contribution < 1.29 is 22.7 Å². The SMILES string of the molecule is Cc1ccnc(N(Cc2ccccc2C(F)(F)F)C(=O)OC(C)(C)C)c1. The summed E-state index contributed by atoms with van der Waals surface area (Å²) < 4.78 is 45.2. The Morgan fingerprint density at radius 1 is 1.15 bits per heavy atom. The van der Waals surface area contributed by atoms with Gasteiger partial charge in [0.2, 0.25) is 0 Å². The highest BCUT2D eigenvalue weighted by Gasteiger charge is 2.34. The average molecular weight is 366 g/mol. The molecule has 0 saturated heterocycles. The van der Waals surface area contributed by atoms with Crippen molar-refractivity contribution in [2.75, 3.05) is 4.90 Å². The lowest BCUT2D eigenvalue weighted by atomic mass is 10.1. The lowest BCUT2D eigenvalue weighted by Crippen LogP contribution is -2.37. The Labute approximate surface area is 150 Å². The molecule has 140 valence electrons. The van der Waals surface area contributed by atoms with Crippen LogP contribution in [0.15, 0.2) is 42.6 Å². The molecule has 0 aliphatic rings. The number of aromatic nitrogens is 1. The number of hydrogen-bond acceptors (Lipinski definition) is 3. The van der Waals surface area contributed by atoms with Crippen molar-refractivity contribution in [1.29, 1.82) is 0 Å². The fraction of sp³-hybridized carbons (Fsp3) is 0.368. The van der Waals surface area contributed by atoms with Gasteiger partial charge in [0.05, 0.1) is 12.1 Å². The molecule has 0 saturated carbocycles. The fourth-order valence-corrected chi connectivity index (χ4v) is 2.33. The first-order chi connectivity index (χ1) is 12.0. The second-order valence-electron chi connectivity index (χ2n) is 6.91. The molecule has 2 rings (SSSR count). The van der Waals surface area contributed by atoms with Crippen molar-refractivity contribution in [2.24, 2.45) is 0 Å². The van der Waals surface area contributed by atoms with Crippen molar-refractivity contribution in [3.05, 3.63) is 59.3 Å². The topological polar surface area (TPSA) is 42.4 Å². The van der Waals surface area contributed by atoms with Gasteiger partial charge >= 0.3 is 12.3 Å². The highest BCUT2D eigenvalue weighted by Crippen LogP contribution is 2.33. The van der Waals surface area contributed by atoms with Crippen molar-refractivity contribution in [3.8, 4) is 0 Å². The van der Waals surface area contributed by atoms with Crippen LogP contribution in [-0.2, 0) is 17.5 Å². The molecule has 26 heavy (non-hydrogen) atoms. The molecule has 0 aliphatic heterocycles. The van der Waals surface area contributed by atoms with Gasteiger partial charge < -0.3 is 4.74 Å². The Morgan fingerprint density at radius 2 is 1.81 bits per heavy atom. The number of carbonyl (C=O) groups is 1. The third-order valence-electron chi connectivity index (χ3n) is 3.44. The van der Waals surface area contributed by atoms with E-state index in [-0.39, 0.29) is 17.9 Å². The Kier molecular flexibility index (Phi) is 5.59. The summed E-state index contributed by atoms with van der Waals surface area (Å²) in [5, 5.41) is 0. The summed E-state index contributed by atoms with van der Waals surface area (Å²) in [5.41, 5.74) is -0.786. The van der Waals surface area contributed by atoms with Crippen LogP contribution in [0, 0.1) is 6.92 Å². The molecule has 0 aliphatic carbocycles. The number of anilines is 1. The number of aryl methyl sites for hydroxylation is 1. The van der Waals surface area contributed by atoms with Gasteiger partial charge in [0.25, 0.3) is 0 Å². The van der Waals surface area contributed by atoms with Gasteiger partial charge in [-0.25, -0.2) is 9.78 Å². The largest absolute Gasteiger partial charge is 0.443 e. The van der Waals surface area contributed by atoms with Gasteiger partial charge in [-0.15, -0.1) is 0 Å². The van der Waals surface area contributed by atoms with Crippen LogP contribution in [0.1, 0.15) is 37.5 Å². The summed E-state index contributed by atoms with van der Waals surface area (Å²) in [6, 6.07) is 8.51. The first-order valence-corrected chi connectivity index (χ1v) is 8.05. The predicted octanol–water partition coefficient (Wildman–Crippen LogP) is 5.35. The fourth-order valence-electron chi connectivity index (χ4n) is 2.33. The van der Waals surface area contributed by atoms with E-state index in [0.29, 0.717) is 0 Å². The molecular formula is C19H21F3N2O2. The van der Waals surface area contributed by atoms with Crippen LogP contribution in [0.5, 0.6) is 0 Å². The molecule has 0 unspecified atom stereocenters. The summed E-state index contributed by atoms with van der Waals surface area (Å²) in [7, 11) is 0. The van der Waals surface area contributed by atoms with Crippen molar-refractivity contribution >= 4 is 11.9 Å². The number of hydrogen-bond donors (Lipinski definition) is 0. The number of pyridine rings is 1. The monoisotopic (exact) mass is 366 g/mol. The van der Waals surface area contributed by atoms with Crippen LogP contribution >= 0.6 is 0 Å². The van der Waals surface area contributed by atoms with Gasteiger partial charge in [0.1, 0.15) is 11.4 Å². The van der Waals surface area contributed by atoms with Gasteiger partial charge in [-0.1, -0.05) is 18.2 Å². The molecule has 0 bridgehead atoms. The number of ether oxygens (including phenoxy) is 1. The number of carbonyl (C=O) groups excluding carboxylic acids is 1. The number of amides is 1. The van der Waals surface area contributed by atoms with Crippen molar-refractivity contribution in [2.45, 2.75) is 46.0 Å². The van der Waals surface area contributed by atoms with E-state index in [1.54, 1.807) is 32.9 Å². The second kappa shape index (κ2) is 7.35. The van der Waals surface area contributed by atoms with E-state index < -0.39 is 23.4 Å². The van der Waals surface area contributed by atoms with Gasteiger partial charge in [-0.3, -0.25) is 4.90 Å². The van der Waals surface area contributed by atoms with Gasteiger partial charge in [0, 0.05) is 6.20 Å². The minimum atomic E-state index is -4.52. The molecule has 1 aromatic carbocycles. The second-order valence-corrected chi connectivity index (χ2v) is 6.91. The lowest BCUT2D eigenvalue weighted by molar-refractivity contribution is -0.138. The molecular weight excluding hydrogens is 345 g/mol. The van der Waals surface area contributed by atoms with E-state index in [9.17, 15) is 18.0 Å². The van der Waals surface area contributed by atoms with E-state index >= 15 is 0 Å². The maximum absolute atomic E-state index is 13.3. The van der Waals surface area contributed by atoms with Gasteiger partial charge in [-0.2, -0.15) is 13.2 Å². The normalized spacial score (nSPS) is 12.0. The van der Waals surface area contributed by atoms with Crippen LogP contribution in [0.25, 0.3) is 0 Å². The maximum atomic E-state index is 13.3. The standard InChI is InChI=1S/C19H21F3N2O2/c1-13-9-10-23-16(11-13)24(17(25)26-18(2,3)4)12-14-7-5-6-8-15(14)19(20,21)22/h5-11H,12H2,1-4H3. The van der Waals surface area contributed by atoms with E-state index in [0.717, 1.165) is 16.5 Å². The predicted molar refractivity (Wildman–Crippen MR) is 92.8 cm³/mol.